The first kappa shape index (κ1) is 37.7. The Balaban J connectivity index is 0.000000380. The fraction of sp³-hybridized carbons (Fsp3) is 0.406. The summed E-state index contributed by atoms with van der Waals surface area (Å²) in [7, 11) is 2.90. The van der Waals surface area contributed by atoms with Crippen molar-refractivity contribution in [1.29, 1.82) is 0 Å². The smallest absolute Gasteiger partial charge is 0.497 e. The lowest BCUT2D eigenvalue weighted by Gasteiger charge is -2.26. The van der Waals surface area contributed by atoms with Crippen LogP contribution in [0.2, 0.25) is 0 Å². The van der Waals surface area contributed by atoms with E-state index in [2.05, 4.69) is 15.4 Å². The zero-order chi connectivity index (χ0) is 34.4. The lowest BCUT2D eigenvalue weighted by molar-refractivity contribution is -0.274. The van der Waals surface area contributed by atoms with E-state index in [1.807, 2.05) is 0 Å². The first-order valence-electron chi connectivity index (χ1n) is 14.4. The monoisotopic (exact) mass is 654 g/mol. The van der Waals surface area contributed by atoms with Gasteiger partial charge in [0.15, 0.2) is 0 Å². The number of pyridine rings is 1. The second kappa shape index (κ2) is 17.9. The largest absolute Gasteiger partial charge is 0.573 e. The van der Waals surface area contributed by atoms with Crippen molar-refractivity contribution in [3.63, 3.8) is 0 Å². The second-order valence-electron chi connectivity index (χ2n) is 10.3. The van der Waals surface area contributed by atoms with Crippen molar-refractivity contribution in [2.24, 2.45) is 0 Å². The Morgan fingerprint density at radius 3 is 2.15 bits per heavy atom. The van der Waals surface area contributed by atoms with Gasteiger partial charge in [0.05, 0.1) is 13.2 Å². The van der Waals surface area contributed by atoms with Gasteiger partial charge < -0.3 is 29.6 Å². The van der Waals surface area contributed by atoms with Crippen LogP contribution in [0, 0.1) is 25.5 Å². The maximum atomic E-state index is 14.6. The molecule has 252 valence electrons. The summed E-state index contributed by atoms with van der Waals surface area (Å²) >= 11 is 0. The molecule has 0 saturated carbocycles. The topological polar surface area (TPSA) is 102 Å². The van der Waals surface area contributed by atoms with Crippen LogP contribution < -0.4 is 30.6 Å². The van der Waals surface area contributed by atoms with Crippen LogP contribution in [0.5, 0.6) is 11.5 Å². The van der Waals surface area contributed by atoms with Gasteiger partial charge in [-0.2, -0.15) is 0 Å². The number of aryl methyl sites for hydroxylation is 2. The molecule has 2 heterocycles. The highest BCUT2D eigenvalue weighted by atomic mass is 19.4. The molecule has 2 N–H and O–H groups in total. The summed E-state index contributed by atoms with van der Waals surface area (Å²) in [6.45, 7) is 6.83. The maximum Gasteiger partial charge on any atom is 0.573 e. The quantitative estimate of drug-likeness (QED) is 0.225. The van der Waals surface area contributed by atoms with Crippen molar-refractivity contribution >= 4 is 18.5 Å². The molecule has 2 unspecified atom stereocenters. The van der Waals surface area contributed by atoms with E-state index >= 15 is 0 Å². The van der Waals surface area contributed by atoms with Crippen LogP contribution in [0.1, 0.15) is 48.4 Å². The van der Waals surface area contributed by atoms with E-state index in [9.17, 15) is 31.5 Å². The highest BCUT2D eigenvalue weighted by Crippen LogP contribution is 2.31. The zero-order valence-corrected chi connectivity index (χ0v) is 26.3. The Morgan fingerprint density at radius 2 is 1.70 bits per heavy atom. The summed E-state index contributed by atoms with van der Waals surface area (Å²) in [5.41, 5.74) is 1.39. The molecule has 1 fully saturated rings. The summed E-state index contributed by atoms with van der Waals surface area (Å²) in [4.78, 5) is 35.5. The van der Waals surface area contributed by atoms with Crippen molar-refractivity contribution in [2.45, 2.75) is 51.9 Å². The zero-order valence-electron chi connectivity index (χ0n) is 26.3. The SMILES string of the molecule is CCC(CN(C=O)c1c(C)ccn(C2CCNC2)c1=O)c1c(F)cc(OC)cc1F.CNC=O.Cc1ccc(OC(F)(F)F)cc1. The van der Waals surface area contributed by atoms with E-state index in [4.69, 9.17) is 9.53 Å². The molecule has 46 heavy (non-hydrogen) atoms. The number of hydrogen-bond acceptors (Lipinski definition) is 6. The molecule has 0 bridgehead atoms. The van der Waals surface area contributed by atoms with Gasteiger partial charge in [0.1, 0.15) is 28.8 Å². The second-order valence-corrected chi connectivity index (χ2v) is 10.3. The molecule has 4 rings (SSSR count). The van der Waals surface area contributed by atoms with Gasteiger partial charge in [-0.25, -0.2) is 8.78 Å². The van der Waals surface area contributed by atoms with E-state index in [0.29, 0.717) is 31.3 Å². The van der Waals surface area contributed by atoms with Gasteiger partial charge in [-0.15, -0.1) is 13.2 Å². The van der Waals surface area contributed by atoms with Gasteiger partial charge >= 0.3 is 6.36 Å². The van der Waals surface area contributed by atoms with Crippen molar-refractivity contribution < 1.29 is 41.0 Å². The molecule has 2 amide bonds. The lowest BCUT2D eigenvalue weighted by atomic mass is 9.94. The molecular formula is C32H39F5N4O5. The van der Waals surface area contributed by atoms with Crippen LogP contribution in [-0.2, 0) is 9.59 Å². The van der Waals surface area contributed by atoms with Gasteiger partial charge in [0.25, 0.3) is 5.56 Å². The van der Waals surface area contributed by atoms with Crippen LogP contribution in [0.25, 0.3) is 0 Å². The number of aromatic nitrogens is 1. The number of amides is 2. The van der Waals surface area contributed by atoms with Crippen LogP contribution in [0.3, 0.4) is 0 Å². The average molecular weight is 655 g/mol. The Kier molecular flexibility index (Phi) is 14.7. The number of methoxy groups -OCH3 is 1. The van der Waals surface area contributed by atoms with Crippen LogP contribution >= 0.6 is 0 Å². The number of alkyl halides is 3. The number of ether oxygens (including phenoxy) is 2. The minimum absolute atomic E-state index is 0.0107. The predicted molar refractivity (Wildman–Crippen MR) is 164 cm³/mol. The molecule has 1 aromatic heterocycles. The standard InChI is InChI=1S/C22H27F2N3O3.C8H7F3O.C2H5NO/c1-4-15(20-18(23)9-17(30-3)10-19(20)24)12-26(13-28)21-14(2)6-8-27(22(21)29)16-5-7-25-11-16;1-6-2-4-7(5-3-6)12-8(9,10)11;1-3-2-4/h6,8-10,13,15-16,25H,4-5,7,11-12H2,1-3H3;2-5H,1H3;2H,1H3,(H,3,4). The molecule has 2 atom stereocenters. The van der Waals surface area contributed by atoms with Crippen molar-refractivity contribution in [3.8, 4) is 11.5 Å². The summed E-state index contributed by atoms with van der Waals surface area (Å²) in [6, 6.07) is 9.73. The number of anilines is 1. The van der Waals surface area contributed by atoms with E-state index < -0.39 is 23.9 Å². The van der Waals surface area contributed by atoms with Crippen LogP contribution in [0.4, 0.5) is 27.6 Å². The van der Waals surface area contributed by atoms with Gasteiger partial charge in [-0.05, 0) is 57.0 Å². The van der Waals surface area contributed by atoms with Gasteiger partial charge in [0, 0.05) is 49.9 Å². The number of benzene rings is 2. The van der Waals surface area contributed by atoms with Crippen LogP contribution in [-0.4, -0.2) is 57.5 Å². The van der Waals surface area contributed by atoms with E-state index in [0.717, 1.165) is 30.7 Å². The van der Waals surface area contributed by atoms with Crippen molar-refractivity contribution in [2.75, 3.05) is 38.7 Å². The number of nitrogens with one attached hydrogen (secondary N) is 2. The molecule has 2 aromatic carbocycles. The third kappa shape index (κ3) is 10.9. The molecule has 3 aromatic rings. The number of carbonyl (C=O) groups is 2. The summed E-state index contributed by atoms with van der Waals surface area (Å²) in [5.74, 6) is -2.19. The Morgan fingerprint density at radius 1 is 1.09 bits per heavy atom. The van der Waals surface area contributed by atoms with Crippen molar-refractivity contribution in [1.82, 2.24) is 15.2 Å². The minimum atomic E-state index is -4.60. The first-order chi connectivity index (χ1) is 21.8. The van der Waals surface area contributed by atoms with Gasteiger partial charge in [-0.3, -0.25) is 14.4 Å². The molecule has 9 nitrogen and oxygen atoms in total. The summed E-state index contributed by atoms with van der Waals surface area (Å²) < 4.78 is 74.3. The third-order valence-electron chi connectivity index (χ3n) is 7.12. The molecule has 1 aliphatic rings. The fourth-order valence-electron chi connectivity index (χ4n) is 4.80. The fourth-order valence-corrected chi connectivity index (χ4v) is 4.80. The van der Waals surface area contributed by atoms with Crippen LogP contribution in [0.15, 0.2) is 53.5 Å². The molecule has 14 heteroatoms. The maximum absolute atomic E-state index is 14.6. The lowest BCUT2D eigenvalue weighted by Crippen LogP contribution is -2.36. The molecule has 1 aliphatic heterocycles. The number of carbonyl (C=O) groups excluding carboxylic acids is 2. The normalized spacial score (nSPS) is 14.5. The highest BCUT2D eigenvalue weighted by molar-refractivity contribution is 5.76. The molecular weight excluding hydrogens is 615 g/mol. The van der Waals surface area contributed by atoms with E-state index in [-0.39, 0.29) is 40.9 Å². The number of rotatable bonds is 10. The van der Waals surface area contributed by atoms with E-state index in [1.165, 1.54) is 24.1 Å². The summed E-state index contributed by atoms with van der Waals surface area (Å²) in [6.07, 6.45) is -0.472. The molecule has 1 saturated heterocycles. The molecule has 0 spiro atoms. The highest BCUT2D eigenvalue weighted by Gasteiger charge is 2.31. The van der Waals surface area contributed by atoms with Crippen molar-refractivity contribution in [3.05, 3.63) is 87.3 Å². The Labute approximate surface area is 264 Å². The Hall–Kier alpha value is -4.46. The van der Waals surface area contributed by atoms with Gasteiger partial charge in [-0.1, -0.05) is 24.6 Å². The average Bonchev–Trinajstić information content (AvgIpc) is 3.55. The molecule has 0 aliphatic carbocycles. The first-order valence-corrected chi connectivity index (χ1v) is 14.4. The number of nitrogens with zero attached hydrogens (tertiary/aromatic N) is 2. The Bertz CT molecular complexity index is 1450. The molecule has 0 radical (unpaired) electrons. The van der Waals surface area contributed by atoms with Gasteiger partial charge in [0.2, 0.25) is 12.8 Å². The predicted octanol–water partition coefficient (Wildman–Crippen LogP) is 5.39. The summed E-state index contributed by atoms with van der Waals surface area (Å²) in [5, 5.41) is 5.47. The third-order valence-corrected chi connectivity index (χ3v) is 7.12. The van der Waals surface area contributed by atoms with E-state index in [1.54, 1.807) is 56.8 Å². The number of hydrogen-bond donors (Lipinski definition) is 2. The minimum Gasteiger partial charge on any atom is -0.497 e. The number of halogens is 5.